The average molecular weight is 485 g/mol. The van der Waals surface area contributed by atoms with Gasteiger partial charge in [0.25, 0.3) is 5.69 Å². The second-order valence-corrected chi connectivity index (χ2v) is 7.73. The number of hydrogen-bond acceptors (Lipinski definition) is 8. The fourth-order valence-corrected chi connectivity index (χ4v) is 3.45. The molecular formula is C24H21ClN2O7. The molecule has 3 aromatic carbocycles. The predicted octanol–water partition coefficient (Wildman–Crippen LogP) is 5.25. The summed E-state index contributed by atoms with van der Waals surface area (Å²) < 4.78 is 22.0. The molecular weight excluding hydrogens is 464 g/mol. The van der Waals surface area contributed by atoms with Gasteiger partial charge in [0.05, 0.1) is 24.9 Å². The van der Waals surface area contributed by atoms with E-state index in [1.165, 1.54) is 18.3 Å². The van der Waals surface area contributed by atoms with E-state index >= 15 is 0 Å². The second-order valence-electron chi connectivity index (χ2n) is 7.29. The topological polar surface area (TPSA) is 102 Å². The molecule has 0 radical (unpaired) electrons. The van der Waals surface area contributed by atoms with Crippen LogP contribution in [0.25, 0.3) is 0 Å². The largest absolute Gasteiger partial charge is 0.493 e. The van der Waals surface area contributed by atoms with Gasteiger partial charge in [0.15, 0.2) is 18.3 Å². The molecule has 0 aromatic heterocycles. The van der Waals surface area contributed by atoms with E-state index < -0.39 is 4.92 Å². The van der Waals surface area contributed by atoms with Gasteiger partial charge in [0.2, 0.25) is 0 Å². The summed E-state index contributed by atoms with van der Waals surface area (Å²) in [5, 5.41) is 15.9. The molecule has 9 nitrogen and oxygen atoms in total. The number of halogens is 1. The second kappa shape index (κ2) is 10.9. The molecule has 4 rings (SSSR count). The van der Waals surface area contributed by atoms with E-state index in [9.17, 15) is 10.1 Å². The number of oxime groups is 1. The van der Waals surface area contributed by atoms with Crippen molar-refractivity contribution in [2.24, 2.45) is 5.16 Å². The number of hydrogen-bond donors (Lipinski definition) is 0. The fraction of sp³-hybridized carbons (Fsp3) is 0.208. The molecule has 0 bridgehead atoms. The van der Waals surface area contributed by atoms with Gasteiger partial charge in [-0.2, -0.15) is 0 Å². The van der Waals surface area contributed by atoms with Crippen LogP contribution in [-0.4, -0.2) is 25.0 Å². The van der Waals surface area contributed by atoms with E-state index in [4.69, 9.17) is 35.4 Å². The van der Waals surface area contributed by atoms with Crippen LogP contribution in [-0.2, 0) is 29.4 Å². The Morgan fingerprint density at radius 2 is 1.94 bits per heavy atom. The molecule has 1 aliphatic rings. The summed E-state index contributed by atoms with van der Waals surface area (Å²) in [5.74, 6) is 1.65. The van der Waals surface area contributed by atoms with Crippen molar-refractivity contribution in [3.63, 3.8) is 0 Å². The zero-order valence-electron chi connectivity index (χ0n) is 18.2. The van der Waals surface area contributed by atoms with Gasteiger partial charge < -0.3 is 23.8 Å². The van der Waals surface area contributed by atoms with E-state index in [1.54, 1.807) is 31.4 Å². The lowest BCUT2D eigenvalue weighted by atomic mass is 10.1. The number of nitrogens with zero attached hydrogens (tertiary/aromatic N) is 2. The van der Waals surface area contributed by atoms with Gasteiger partial charge in [-0.05, 0) is 35.9 Å². The number of nitro benzene ring substituents is 1. The summed E-state index contributed by atoms with van der Waals surface area (Å²) >= 11 is 5.91. The third kappa shape index (κ3) is 5.75. The molecule has 34 heavy (non-hydrogen) atoms. The summed E-state index contributed by atoms with van der Waals surface area (Å²) in [4.78, 5) is 16.1. The SMILES string of the molecule is COc1cc(/C=N/OCc2cc([N+](=O)[O-])cc3c2OCOC3)ccc1OCc1ccc(Cl)cc1. The van der Waals surface area contributed by atoms with Crippen molar-refractivity contribution in [3.8, 4) is 17.2 Å². The molecule has 0 aliphatic carbocycles. The van der Waals surface area contributed by atoms with Crippen molar-refractivity contribution < 1.29 is 28.7 Å². The molecule has 176 valence electrons. The molecule has 0 saturated carbocycles. The van der Waals surface area contributed by atoms with Crippen molar-refractivity contribution in [2.45, 2.75) is 19.8 Å². The average Bonchev–Trinajstić information content (AvgIpc) is 2.86. The maximum Gasteiger partial charge on any atom is 0.270 e. The maximum atomic E-state index is 11.2. The monoisotopic (exact) mass is 484 g/mol. The van der Waals surface area contributed by atoms with Gasteiger partial charge in [-0.1, -0.05) is 28.9 Å². The first-order chi connectivity index (χ1) is 16.5. The zero-order chi connectivity index (χ0) is 23.9. The van der Waals surface area contributed by atoms with Crippen LogP contribution in [0.5, 0.6) is 17.2 Å². The Labute approximate surface area is 200 Å². The molecule has 0 atom stereocenters. The van der Waals surface area contributed by atoms with E-state index in [1.807, 2.05) is 18.2 Å². The molecule has 1 heterocycles. The number of nitro groups is 1. The number of methoxy groups -OCH3 is 1. The lowest BCUT2D eigenvalue weighted by Gasteiger charge is -2.20. The van der Waals surface area contributed by atoms with Crippen molar-refractivity contribution in [2.75, 3.05) is 13.9 Å². The maximum absolute atomic E-state index is 11.2. The van der Waals surface area contributed by atoms with Crippen LogP contribution >= 0.6 is 11.6 Å². The molecule has 0 N–H and O–H groups in total. The van der Waals surface area contributed by atoms with Crippen LogP contribution in [0.2, 0.25) is 5.02 Å². The highest BCUT2D eigenvalue weighted by atomic mass is 35.5. The highest BCUT2D eigenvalue weighted by Gasteiger charge is 2.21. The van der Waals surface area contributed by atoms with E-state index in [2.05, 4.69) is 5.16 Å². The van der Waals surface area contributed by atoms with Crippen LogP contribution in [0.1, 0.15) is 22.3 Å². The number of non-ortho nitro benzene ring substituents is 1. The van der Waals surface area contributed by atoms with Gasteiger partial charge in [-0.3, -0.25) is 10.1 Å². The van der Waals surface area contributed by atoms with E-state index in [-0.39, 0.29) is 25.7 Å². The lowest BCUT2D eigenvalue weighted by Crippen LogP contribution is -2.14. The molecule has 0 fully saturated rings. The molecule has 0 spiro atoms. The minimum Gasteiger partial charge on any atom is -0.493 e. The highest BCUT2D eigenvalue weighted by Crippen LogP contribution is 2.33. The molecule has 10 heteroatoms. The Kier molecular flexibility index (Phi) is 7.46. The third-order valence-electron chi connectivity index (χ3n) is 4.97. The van der Waals surface area contributed by atoms with Gasteiger partial charge in [-0.15, -0.1) is 0 Å². The van der Waals surface area contributed by atoms with E-state index in [0.717, 1.165) is 11.1 Å². The van der Waals surface area contributed by atoms with Crippen molar-refractivity contribution in [3.05, 3.63) is 92.0 Å². The number of fused-ring (bicyclic) bond motifs is 1. The summed E-state index contributed by atoms with van der Waals surface area (Å²) in [6.07, 6.45) is 1.51. The van der Waals surface area contributed by atoms with Gasteiger partial charge >= 0.3 is 0 Å². The summed E-state index contributed by atoms with van der Waals surface area (Å²) in [6.45, 7) is 0.678. The Bertz CT molecular complexity index is 1200. The first-order valence-electron chi connectivity index (χ1n) is 10.2. The molecule has 0 unspecified atom stereocenters. The number of ether oxygens (including phenoxy) is 4. The van der Waals surface area contributed by atoms with Crippen LogP contribution in [0.15, 0.2) is 59.8 Å². The molecule has 1 aliphatic heterocycles. The predicted molar refractivity (Wildman–Crippen MR) is 125 cm³/mol. The first-order valence-corrected chi connectivity index (χ1v) is 10.6. The smallest absolute Gasteiger partial charge is 0.270 e. The Hall–Kier alpha value is -3.82. The van der Waals surface area contributed by atoms with Crippen LogP contribution in [0, 0.1) is 10.1 Å². The van der Waals surface area contributed by atoms with Crippen molar-refractivity contribution in [1.29, 1.82) is 0 Å². The molecule has 0 saturated heterocycles. The number of benzene rings is 3. The molecule has 3 aromatic rings. The Morgan fingerprint density at radius 1 is 1.12 bits per heavy atom. The van der Waals surface area contributed by atoms with Crippen molar-refractivity contribution in [1.82, 2.24) is 0 Å². The van der Waals surface area contributed by atoms with Gasteiger partial charge in [0, 0.05) is 33.8 Å². The minimum atomic E-state index is -0.468. The van der Waals surface area contributed by atoms with Crippen LogP contribution < -0.4 is 14.2 Å². The minimum absolute atomic E-state index is 0.0000644. The highest BCUT2D eigenvalue weighted by molar-refractivity contribution is 6.30. The first kappa shape index (κ1) is 23.3. The number of rotatable bonds is 9. The fourth-order valence-electron chi connectivity index (χ4n) is 3.32. The van der Waals surface area contributed by atoms with Gasteiger partial charge in [0.1, 0.15) is 19.0 Å². The summed E-state index contributed by atoms with van der Waals surface area (Å²) in [5.41, 5.74) is 2.76. The quantitative estimate of drug-likeness (QED) is 0.232. The van der Waals surface area contributed by atoms with Crippen LogP contribution in [0.4, 0.5) is 5.69 Å². The summed E-state index contributed by atoms with van der Waals surface area (Å²) in [6, 6.07) is 15.6. The normalized spacial score (nSPS) is 12.6. The molecule has 0 amide bonds. The third-order valence-corrected chi connectivity index (χ3v) is 5.23. The van der Waals surface area contributed by atoms with Gasteiger partial charge in [-0.25, -0.2) is 0 Å². The lowest BCUT2D eigenvalue weighted by molar-refractivity contribution is -0.385. The Morgan fingerprint density at radius 3 is 2.71 bits per heavy atom. The van der Waals surface area contributed by atoms with Crippen molar-refractivity contribution >= 4 is 23.5 Å². The Balaban J connectivity index is 1.40. The zero-order valence-corrected chi connectivity index (χ0v) is 19.0. The summed E-state index contributed by atoms with van der Waals surface area (Å²) in [7, 11) is 1.55. The standard InChI is InChI=1S/C24H21ClN2O7/c1-30-23-8-17(4-7-22(23)32-12-16-2-5-20(25)6-3-16)11-26-34-14-19-10-21(27(28)29)9-18-13-31-15-33-24(18)19/h2-11H,12-15H2,1H3/b26-11+. The van der Waals surface area contributed by atoms with E-state index in [0.29, 0.717) is 40.0 Å². The van der Waals surface area contributed by atoms with Crippen LogP contribution in [0.3, 0.4) is 0 Å².